The number of fused-ring (bicyclic) bond motifs is 3. The molecule has 2 amide bonds. The fourth-order valence-electron chi connectivity index (χ4n) is 5.25. The Bertz CT molecular complexity index is 999. The molecule has 180 valence electrons. The lowest BCUT2D eigenvalue weighted by Gasteiger charge is -2.31. The highest BCUT2D eigenvalue weighted by Gasteiger charge is 2.32. The van der Waals surface area contributed by atoms with Crippen molar-refractivity contribution in [1.29, 1.82) is 0 Å². The molecule has 0 bridgehead atoms. The van der Waals surface area contributed by atoms with E-state index in [1.807, 2.05) is 31.2 Å². The van der Waals surface area contributed by atoms with Crippen LogP contribution in [0.25, 0.3) is 11.1 Å². The molecule has 0 atom stereocenters. The summed E-state index contributed by atoms with van der Waals surface area (Å²) in [6, 6.07) is 16.4. The van der Waals surface area contributed by atoms with Crippen LogP contribution in [0.3, 0.4) is 0 Å². The number of rotatable bonds is 8. The first-order chi connectivity index (χ1) is 16.5. The summed E-state index contributed by atoms with van der Waals surface area (Å²) in [6.45, 7) is 2.39. The normalized spacial score (nSPS) is 19.1. The van der Waals surface area contributed by atoms with E-state index in [4.69, 9.17) is 9.84 Å². The molecule has 0 saturated heterocycles. The van der Waals surface area contributed by atoms with Crippen LogP contribution in [0.5, 0.6) is 0 Å². The summed E-state index contributed by atoms with van der Waals surface area (Å²) in [6.07, 6.45) is 2.90. The second kappa shape index (κ2) is 10.7. The molecule has 2 aromatic carbocycles. The summed E-state index contributed by atoms with van der Waals surface area (Å²) in [7, 11) is 0. The van der Waals surface area contributed by atoms with Gasteiger partial charge in [0.1, 0.15) is 13.2 Å². The number of carbonyl (C=O) groups excluding carboxylic acids is 2. The minimum absolute atomic E-state index is 0.0188. The van der Waals surface area contributed by atoms with Gasteiger partial charge in [0.05, 0.1) is 0 Å². The van der Waals surface area contributed by atoms with Gasteiger partial charge in [-0.05, 0) is 54.4 Å². The number of hydrogen-bond acceptors (Lipinski definition) is 4. The van der Waals surface area contributed by atoms with Crippen molar-refractivity contribution in [2.24, 2.45) is 5.92 Å². The Kier molecular flexibility index (Phi) is 7.50. The predicted octanol–water partition coefficient (Wildman–Crippen LogP) is 4.41. The molecular formula is C27H32N2O5. The summed E-state index contributed by atoms with van der Waals surface area (Å²) in [5.41, 5.74) is 4.73. The quantitative estimate of drug-likeness (QED) is 0.603. The summed E-state index contributed by atoms with van der Waals surface area (Å²) >= 11 is 0. The van der Waals surface area contributed by atoms with E-state index in [9.17, 15) is 14.4 Å². The molecule has 0 radical (unpaired) electrons. The highest BCUT2D eigenvalue weighted by atomic mass is 16.5. The Morgan fingerprint density at radius 2 is 1.56 bits per heavy atom. The van der Waals surface area contributed by atoms with Gasteiger partial charge in [0.15, 0.2) is 0 Å². The minimum Gasteiger partial charge on any atom is -0.480 e. The molecule has 0 spiro atoms. The maximum absolute atomic E-state index is 12.8. The molecule has 2 aliphatic carbocycles. The number of ether oxygens (including phenoxy) is 1. The van der Waals surface area contributed by atoms with Crippen molar-refractivity contribution >= 4 is 18.0 Å². The highest BCUT2D eigenvalue weighted by Crippen LogP contribution is 2.44. The molecule has 2 aliphatic rings. The zero-order valence-electron chi connectivity index (χ0n) is 19.5. The zero-order valence-corrected chi connectivity index (χ0v) is 19.5. The molecule has 0 aliphatic heterocycles. The highest BCUT2D eigenvalue weighted by molar-refractivity contribution is 5.83. The Labute approximate surface area is 200 Å². The van der Waals surface area contributed by atoms with Gasteiger partial charge in [-0.2, -0.15) is 0 Å². The van der Waals surface area contributed by atoms with E-state index in [1.165, 1.54) is 27.2 Å². The van der Waals surface area contributed by atoms with Crippen LogP contribution in [0.1, 0.15) is 56.1 Å². The first-order valence-electron chi connectivity index (χ1n) is 12.1. The van der Waals surface area contributed by atoms with Crippen molar-refractivity contribution in [1.82, 2.24) is 10.2 Å². The van der Waals surface area contributed by atoms with Crippen LogP contribution in [-0.2, 0) is 14.3 Å². The van der Waals surface area contributed by atoms with Gasteiger partial charge in [-0.3, -0.25) is 9.59 Å². The number of aliphatic carboxylic acids is 1. The standard InChI is InChI=1S/C27H32N2O5/c1-2-15-29(16-25(30)31)26(32)18-11-13-19(14-12-18)28-27(33)34-17-24-22-9-5-3-7-20(22)21-8-4-6-10-23(21)24/h3-10,18-19,24H,2,11-17H2,1H3,(H,28,33)(H,30,31). The lowest BCUT2D eigenvalue weighted by molar-refractivity contribution is -0.146. The molecule has 2 aromatic rings. The van der Waals surface area contributed by atoms with Crippen LogP contribution >= 0.6 is 0 Å². The molecule has 1 fully saturated rings. The van der Waals surface area contributed by atoms with Gasteiger partial charge in [0, 0.05) is 24.4 Å². The van der Waals surface area contributed by atoms with Crippen molar-refractivity contribution in [2.45, 2.75) is 51.0 Å². The van der Waals surface area contributed by atoms with Gasteiger partial charge in [-0.25, -0.2) is 4.79 Å². The summed E-state index contributed by atoms with van der Waals surface area (Å²) < 4.78 is 5.64. The maximum atomic E-state index is 12.8. The maximum Gasteiger partial charge on any atom is 0.407 e. The van der Waals surface area contributed by atoms with E-state index in [2.05, 4.69) is 29.6 Å². The summed E-state index contributed by atoms with van der Waals surface area (Å²) in [4.78, 5) is 37.8. The van der Waals surface area contributed by atoms with Crippen molar-refractivity contribution in [2.75, 3.05) is 19.7 Å². The molecule has 0 heterocycles. The number of nitrogens with one attached hydrogen (secondary N) is 1. The molecule has 2 N–H and O–H groups in total. The van der Waals surface area contributed by atoms with Crippen LogP contribution in [0.15, 0.2) is 48.5 Å². The van der Waals surface area contributed by atoms with Gasteiger partial charge >= 0.3 is 12.1 Å². The van der Waals surface area contributed by atoms with E-state index in [1.54, 1.807) is 0 Å². The molecule has 34 heavy (non-hydrogen) atoms. The number of benzene rings is 2. The second-order valence-corrected chi connectivity index (χ2v) is 9.17. The molecular weight excluding hydrogens is 432 g/mol. The Morgan fingerprint density at radius 1 is 0.971 bits per heavy atom. The lowest BCUT2D eigenvalue weighted by Crippen LogP contribution is -2.44. The van der Waals surface area contributed by atoms with E-state index >= 15 is 0 Å². The number of carboxylic acid groups (broad SMARTS) is 1. The third kappa shape index (κ3) is 5.24. The van der Waals surface area contributed by atoms with Crippen LogP contribution < -0.4 is 5.32 Å². The average molecular weight is 465 g/mol. The van der Waals surface area contributed by atoms with Gasteiger partial charge in [-0.15, -0.1) is 0 Å². The Balaban J connectivity index is 1.28. The molecule has 1 saturated carbocycles. The lowest BCUT2D eigenvalue weighted by atomic mass is 9.85. The SMILES string of the molecule is CCCN(CC(=O)O)C(=O)C1CCC(NC(=O)OCC2c3ccccc3-c3ccccc32)CC1. The monoisotopic (exact) mass is 464 g/mol. The fraction of sp³-hybridized carbons (Fsp3) is 0.444. The number of carbonyl (C=O) groups is 3. The number of alkyl carbamates (subject to hydrolysis) is 1. The van der Waals surface area contributed by atoms with Gasteiger partial charge in [0.2, 0.25) is 5.91 Å². The van der Waals surface area contributed by atoms with E-state index in [0.29, 0.717) is 32.2 Å². The second-order valence-electron chi connectivity index (χ2n) is 9.17. The topological polar surface area (TPSA) is 95.9 Å². The summed E-state index contributed by atoms with van der Waals surface area (Å²) in [5.74, 6) is -1.26. The van der Waals surface area contributed by atoms with Crippen molar-refractivity contribution in [3.63, 3.8) is 0 Å². The van der Waals surface area contributed by atoms with Crippen LogP contribution in [0, 0.1) is 5.92 Å². The van der Waals surface area contributed by atoms with Gasteiger partial charge in [0.25, 0.3) is 0 Å². The predicted molar refractivity (Wildman–Crippen MR) is 128 cm³/mol. The van der Waals surface area contributed by atoms with Gasteiger partial charge in [-0.1, -0.05) is 55.5 Å². The largest absolute Gasteiger partial charge is 0.480 e. The van der Waals surface area contributed by atoms with Crippen LogP contribution in [-0.4, -0.2) is 53.7 Å². The van der Waals surface area contributed by atoms with Crippen molar-refractivity contribution in [3.8, 4) is 11.1 Å². The smallest absolute Gasteiger partial charge is 0.407 e. The minimum atomic E-state index is -0.993. The van der Waals surface area contributed by atoms with Crippen molar-refractivity contribution < 1.29 is 24.2 Å². The first-order valence-corrected chi connectivity index (χ1v) is 12.1. The first kappa shape index (κ1) is 23.8. The van der Waals surface area contributed by atoms with Crippen LogP contribution in [0.4, 0.5) is 4.79 Å². The number of hydrogen-bond donors (Lipinski definition) is 2. The summed E-state index contributed by atoms with van der Waals surface area (Å²) in [5, 5.41) is 12.0. The Morgan fingerprint density at radius 3 is 2.12 bits per heavy atom. The molecule has 7 nitrogen and oxygen atoms in total. The van der Waals surface area contributed by atoms with Crippen molar-refractivity contribution in [3.05, 3.63) is 59.7 Å². The fourth-order valence-corrected chi connectivity index (χ4v) is 5.25. The average Bonchev–Trinajstić information content (AvgIpc) is 3.16. The van der Waals surface area contributed by atoms with Crippen LogP contribution in [0.2, 0.25) is 0 Å². The number of amides is 2. The zero-order chi connectivity index (χ0) is 24.1. The van der Waals surface area contributed by atoms with E-state index in [0.717, 1.165) is 6.42 Å². The number of nitrogens with zero attached hydrogens (tertiary/aromatic N) is 1. The van der Waals surface area contributed by atoms with E-state index in [-0.39, 0.29) is 36.9 Å². The molecule has 4 rings (SSSR count). The third-order valence-corrected chi connectivity index (χ3v) is 6.87. The molecule has 0 aromatic heterocycles. The van der Waals surface area contributed by atoms with Gasteiger partial charge < -0.3 is 20.1 Å². The Hall–Kier alpha value is -3.35. The van der Waals surface area contributed by atoms with E-state index < -0.39 is 12.1 Å². The molecule has 7 heteroatoms. The third-order valence-electron chi connectivity index (χ3n) is 6.87. The number of carboxylic acids is 1. The molecule has 0 unspecified atom stereocenters.